The highest BCUT2D eigenvalue weighted by molar-refractivity contribution is 6.35. The molecule has 0 radical (unpaired) electrons. The molecule has 0 aliphatic carbocycles. The molecule has 27 heavy (non-hydrogen) atoms. The Hall–Kier alpha value is -3.06. The lowest BCUT2D eigenvalue weighted by Crippen LogP contribution is -2.08. The molecule has 0 bridgehead atoms. The number of hydrogen-bond donors (Lipinski definition) is 2. The van der Waals surface area contributed by atoms with E-state index in [1.165, 1.54) is 18.5 Å². The number of carbonyl (C=O) groups excluding carboxylic acids is 1. The van der Waals surface area contributed by atoms with Gasteiger partial charge in [0.15, 0.2) is 0 Å². The quantitative estimate of drug-likeness (QED) is 0.772. The number of rotatable bonds is 3. The van der Waals surface area contributed by atoms with Crippen molar-refractivity contribution < 1.29 is 9.18 Å². The number of amides is 1. The number of hydrogen-bond acceptors (Lipinski definition) is 5. The van der Waals surface area contributed by atoms with Crippen LogP contribution in [0.3, 0.4) is 0 Å². The Morgan fingerprint density at radius 2 is 2.15 bits per heavy atom. The van der Waals surface area contributed by atoms with E-state index in [1.807, 2.05) is 19.9 Å². The van der Waals surface area contributed by atoms with Crippen LogP contribution >= 0.6 is 11.6 Å². The van der Waals surface area contributed by atoms with Crippen molar-refractivity contribution in [2.75, 3.05) is 10.6 Å². The molecule has 1 aromatic heterocycles. The lowest BCUT2D eigenvalue weighted by Gasteiger charge is -2.10. The Morgan fingerprint density at radius 3 is 2.85 bits per heavy atom. The first-order valence-corrected chi connectivity index (χ1v) is 8.67. The minimum absolute atomic E-state index is 0.00801. The van der Waals surface area contributed by atoms with E-state index in [-0.39, 0.29) is 16.8 Å². The van der Waals surface area contributed by atoms with Gasteiger partial charge in [-0.15, -0.1) is 0 Å². The largest absolute Gasteiger partial charge is 0.339 e. The summed E-state index contributed by atoms with van der Waals surface area (Å²) >= 11 is 5.85. The maximum atomic E-state index is 13.4. The summed E-state index contributed by atoms with van der Waals surface area (Å²) in [4.78, 5) is 25.4. The van der Waals surface area contributed by atoms with Crippen LogP contribution in [-0.2, 0) is 4.79 Å². The highest BCUT2D eigenvalue weighted by Gasteiger charge is 2.30. The molecule has 2 aromatic rings. The molecule has 2 aliphatic rings. The fraction of sp³-hybridized carbons (Fsp3) is 0.158. The molecule has 0 saturated heterocycles. The van der Waals surface area contributed by atoms with Crippen molar-refractivity contribution in [3.05, 3.63) is 58.8 Å². The summed E-state index contributed by atoms with van der Waals surface area (Å²) in [6.07, 6.45) is 5.13. The Kier molecular flexibility index (Phi) is 4.24. The van der Waals surface area contributed by atoms with Crippen LogP contribution in [-0.4, -0.2) is 21.6 Å². The topological polar surface area (TPSA) is 79.3 Å². The summed E-state index contributed by atoms with van der Waals surface area (Å²) in [7, 11) is 0. The van der Waals surface area contributed by atoms with Crippen molar-refractivity contribution >= 4 is 46.1 Å². The van der Waals surface area contributed by atoms with Gasteiger partial charge in [-0.05, 0) is 31.2 Å². The number of aliphatic imine (C=N–C) groups is 1. The number of fused-ring (bicyclic) bond motifs is 1. The van der Waals surface area contributed by atoms with Gasteiger partial charge in [0.1, 0.15) is 23.8 Å². The van der Waals surface area contributed by atoms with E-state index < -0.39 is 5.82 Å². The van der Waals surface area contributed by atoms with Crippen LogP contribution in [0.2, 0.25) is 5.02 Å². The monoisotopic (exact) mass is 383 g/mol. The maximum absolute atomic E-state index is 13.4. The second-order valence-electron chi connectivity index (χ2n) is 6.35. The predicted octanol–water partition coefficient (Wildman–Crippen LogP) is 4.34. The molecule has 3 heterocycles. The number of benzene rings is 1. The molecular weight excluding hydrogens is 369 g/mol. The molecule has 0 saturated carbocycles. The summed E-state index contributed by atoms with van der Waals surface area (Å²) in [6.45, 7) is 3.93. The number of nitrogens with one attached hydrogen (secondary N) is 2. The van der Waals surface area contributed by atoms with Gasteiger partial charge in [-0.2, -0.15) is 0 Å². The van der Waals surface area contributed by atoms with Gasteiger partial charge in [0.25, 0.3) is 5.91 Å². The summed E-state index contributed by atoms with van der Waals surface area (Å²) in [5.41, 5.74) is 3.23. The zero-order valence-electron chi connectivity index (χ0n) is 14.5. The molecule has 1 unspecified atom stereocenters. The number of halogens is 2. The molecule has 1 aromatic carbocycles. The van der Waals surface area contributed by atoms with Gasteiger partial charge < -0.3 is 10.6 Å². The summed E-state index contributed by atoms with van der Waals surface area (Å²) in [5.74, 6) is 0.163. The second kappa shape index (κ2) is 6.59. The molecule has 0 spiro atoms. The third kappa shape index (κ3) is 3.21. The van der Waals surface area contributed by atoms with E-state index in [0.29, 0.717) is 28.5 Å². The SMILES string of the molecule is CC1=CC(C)C(/C=C2\C(=O)Nc3ncnc(Nc4ccc(F)c(Cl)c4)c32)=N1. The normalized spacial score (nSPS) is 19.6. The van der Waals surface area contributed by atoms with Crippen LogP contribution < -0.4 is 10.6 Å². The molecule has 6 nitrogen and oxygen atoms in total. The van der Waals surface area contributed by atoms with Crippen molar-refractivity contribution in [3.8, 4) is 0 Å². The Morgan fingerprint density at radius 1 is 1.33 bits per heavy atom. The first kappa shape index (κ1) is 17.4. The molecule has 8 heteroatoms. The minimum atomic E-state index is -0.510. The van der Waals surface area contributed by atoms with Crippen molar-refractivity contribution in [1.82, 2.24) is 9.97 Å². The lowest BCUT2D eigenvalue weighted by molar-refractivity contribution is -0.110. The number of nitrogens with zero attached hydrogens (tertiary/aromatic N) is 3. The van der Waals surface area contributed by atoms with E-state index in [1.54, 1.807) is 12.1 Å². The van der Waals surface area contributed by atoms with Crippen LogP contribution in [0.25, 0.3) is 5.57 Å². The van der Waals surface area contributed by atoms with Gasteiger partial charge in [-0.3, -0.25) is 9.79 Å². The fourth-order valence-corrected chi connectivity index (χ4v) is 3.25. The third-order valence-electron chi connectivity index (χ3n) is 4.33. The van der Waals surface area contributed by atoms with Gasteiger partial charge in [0.05, 0.1) is 16.2 Å². The second-order valence-corrected chi connectivity index (χ2v) is 6.75. The van der Waals surface area contributed by atoms with Crippen molar-refractivity contribution in [1.29, 1.82) is 0 Å². The minimum Gasteiger partial charge on any atom is -0.339 e. The average Bonchev–Trinajstić information content (AvgIpc) is 3.11. The number of anilines is 3. The molecule has 1 amide bonds. The zero-order chi connectivity index (χ0) is 19.1. The smallest absolute Gasteiger partial charge is 0.257 e. The summed E-state index contributed by atoms with van der Waals surface area (Å²) < 4.78 is 13.4. The van der Waals surface area contributed by atoms with E-state index in [0.717, 1.165) is 11.4 Å². The average molecular weight is 384 g/mol. The molecular formula is C19H15ClFN5O. The molecule has 2 N–H and O–H groups in total. The summed E-state index contributed by atoms with van der Waals surface area (Å²) in [6, 6.07) is 4.25. The van der Waals surface area contributed by atoms with Crippen LogP contribution in [0.4, 0.5) is 21.7 Å². The standard InChI is InChI=1S/C19H15ClFN5O/c1-9-5-10(2)24-15(9)7-12-16-17(22-8-23-18(16)26-19(12)27)25-11-3-4-14(21)13(20)6-11/h3-9H,1-2H3,(H2,22,23,25,26,27)/b12-7-. The number of carbonyl (C=O) groups is 1. The first-order valence-electron chi connectivity index (χ1n) is 8.30. The Bertz CT molecular complexity index is 1060. The summed E-state index contributed by atoms with van der Waals surface area (Å²) in [5, 5.41) is 5.81. The zero-order valence-corrected chi connectivity index (χ0v) is 15.3. The lowest BCUT2D eigenvalue weighted by atomic mass is 10.0. The highest BCUT2D eigenvalue weighted by Crippen LogP contribution is 2.37. The van der Waals surface area contributed by atoms with Gasteiger partial charge >= 0.3 is 0 Å². The van der Waals surface area contributed by atoms with Crippen molar-refractivity contribution in [2.45, 2.75) is 13.8 Å². The van der Waals surface area contributed by atoms with Gasteiger partial charge in [0, 0.05) is 23.0 Å². The van der Waals surface area contributed by atoms with Crippen LogP contribution in [0.1, 0.15) is 19.4 Å². The molecule has 4 rings (SSSR count). The van der Waals surface area contributed by atoms with Crippen molar-refractivity contribution in [3.63, 3.8) is 0 Å². The van der Waals surface area contributed by atoms with Crippen molar-refractivity contribution in [2.24, 2.45) is 10.9 Å². The highest BCUT2D eigenvalue weighted by atomic mass is 35.5. The fourth-order valence-electron chi connectivity index (χ4n) is 3.07. The Balaban J connectivity index is 1.75. The first-order chi connectivity index (χ1) is 12.9. The van der Waals surface area contributed by atoms with Crippen LogP contribution in [0, 0.1) is 11.7 Å². The van der Waals surface area contributed by atoms with E-state index in [4.69, 9.17) is 11.6 Å². The van der Waals surface area contributed by atoms with Gasteiger partial charge in [-0.1, -0.05) is 24.6 Å². The molecule has 136 valence electrons. The van der Waals surface area contributed by atoms with Gasteiger partial charge in [0.2, 0.25) is 0 Å². The van der Waals surface area contributed by atoms with Crippen LogP contribution in [0.15, 0.2) is 47.4 Å². The molecule has 2 aliphatic heterocycles. The Labute approximate surface area is 159 Å². The number of allylic oxidation sites excluding steroid dienone is 3. The maximum Gasteiger partial charge on any atom is 0.257 e. The third-order valence-corrected chi connectivity index (χ3v) is 4.62. The van der Waals surface area contributed by atoms with E-state index >= 15 is 0 Å². The molecule has 0 fully saturated rings. The van der Waals surface area contributed by atoms with Crippen LogP contribution in [0.5, 0.6) is 0 Å². The van der Waals surface area contributed by atoms with E-state index in [9.17, 15) is 9.18 Å². The number of aromatic nitrogens is 2. The van der Waals surface area contributed by atoms with Gasteiger partial charge in [-0.25, -0.2) is 14.4 Å². The predicted molar refractivity (Wildman–Crippen MR) is 104 cm³/mol. The molecule has 1 atom stereocenters. The van der Waals surface area contributed by atoms with E-state index in [2.05, 4.69) is 25.6 Å².